The van der Waals surface area contributed by atoms with E-state index in [0.29, 0.717) is 24.2 Å². The van der Waals surface area contributed by atoms with Crippen molar-refractivity contribution in [1.82, 2.24) is 14.4 Å². The first-order chi connectivity index (χ1) is 17.5. The lowest BCUT2D eigenvalue weighted by molar-refractivity contribution is 0.00564. The Labute approximate surface area is 216 Å². The van der Waals surface area contributed by atoms with Crippen molar-refractivity contribution in [3.63, 3.8) is 0 Å². The number of fused-ring (bicyclic) bond motifs is 1. The Morgan fingerprint density at radius 2 is 1.68 bits per heavy atom. The summed E-state index contributed by atoms with van der Waals surface area (Å²) in [7, 11) is 0. The summed E-state index contributed by atoms with van der Waals surface area (Å²) in [6.07, 6.45) is 1.05. The van der Waals surface area contributed by atoms with Gasteiger partial charge in [0, 0.05) is 50.9 Å². The number of benzene rings is 2. The molecule has 1 aliphatic heterocycles. The molecule has 1 aliphatic rings. The molecule has 2 aromatic carbocycles. The molecule has 1 aromatic heterocycles. The first-order valence-corrected chi connectivity index (χ1v) is 12.6. The van der Waals surface area contributed by atoms with Crippen molar-refractivity contribution in [2.45, 2.75) is 58.3 Å². The Morgan fingerprint density at radius 1 is 0.973 bits per heavy atom. The minimum Gasteiger partial charge on any atom is -0.508 e. The van der Waals surface area contributed by atoms with Gasteiger partial charge in [0.25, 0.3) is 5.56 Å². The van der Waals surface area contributed by atoms with Crippen LogP contribution >= 0.6 is 0 Å². The Morgan fingerprint density at radius 3 is 2.35 bits per heavy atom. The summed E-state index contributed by atoms with van der Waals surface area (Å²) in [5.74, 6) is -0.313. The molecule has 1 saturated heterocycles. The molecule has 0 saturated carbocycles. The van der Waals surface area contributed by atoms with Gasteiger partial charge in [-0.1, -0.05) is 6.07 Å². The van der Waals surface area contributed by atoms with Crippen molar-refractivity contribution >= 4 is 17.0 Å². The maximum absolute atomic E-state index is 13.1. The Kier molecular flexibility index (Phi) is 7.63. The molecule has 0 aliphatic carbocycles. The predicted molar refractivity (Wildman–Crippen MR) is 141 cm³/mol. The smallest absolute Gasteiger partial charge is 0.410 e. The van der Waals surface area contributed by atoms with Gasteiger partial charge < -0.3 is 34.4 Å². The molecule has 4 rings (SSSR count). The van der Waals surface area contributed by atoms with Crippen LogP contribution in [0.4, 0.5) is 4.79 Å². The third-order valence-corrected chi connectivity index (χ3v) is 6.63. The number of nitrogens with zero attached hydrogens (tertiary/aromatic N) is 3. The fourth-order valence-corrected chi connectivity index (χ4v) is 4.73. The van der Waals surface area contributed by atoms with Crippen molar-refractivity contribution in [2.24, 2.45) is 0 Å². The van der Waals surface area contributed by atoms with Crippen LogP contribution in [0.3, 0.4) is 0 Å². The molecule has 3 aromatic rings. The van der Waals surface area contributed by atoms with Crippen molar-refractivity contribution in [3.8, 4) is 17.2 Å². The van der Waals surface area contributed by atoms with Crippen LogP contribution in [0.15, 0.2) is 53.3 Å². The number of hydrogen-bond acceptors (Lipinski definition) is 7. The zero-order valence-electron chi connectivity index (χ0n) is 21.6. The maximum Gasteiger partial charge on any atom is 0.410 e. The van der Waals surface area contributed by atoms with Crippen molar-refractivity contribution in [2.75, 3.05) is 19.6 Å². The molecule has 198 valence electrons. The lowest BCUT2D eigenvalue weighted by Gasteiger charge is -2.39. The molecule has 0 radical (unpaired) electrons. The molecule has 0 spiro atoms. The van der Waals surface area contributed by atoms with Crippen LogP contribution in [0.5, 0.6) is 17.2 Å². The summed E-state index contributed by atoms with van der Waals surface area (Å²) >= 11 is 0. The van der Waals surface area contributed by atoms with Gasteiger partial charge >= 0.3 is 6.09 Å². The van der Waals surface area contributed by atoms with Crippen molar-refractivity contribution in [1.29, 1.82) is 0 Å². The number of ether oxygens (including phenoxy) is 1. The Bertz CT molecular complexity index is 1320. The molecule has 2 heterocycles. The van der Waals surface area contributed by atoms with Gasteiger partial charge in [-0.05, 0) is 74.9 Å². The van der Waals surface area contributed by atoms with E-state index in [2.05, 4.69) is 4.90 Å². The maximum atomic E-state index is 13.1. The van der Waals surface area contributed by atoms with Gasteiger partial charge in [-0.25, -0.2) is 4.79 Å². The molecular weight excluding hydrogens is 474 g/mol. The number of piperidine rings is 1. The van der Waals surface area contributed by atoms with E-state index in [0.717, 1.165) is 31.3 Å². The molecule has 9 nitrogen and oxygen atoms in total. The number of carbonyl (C=O) groups is 1. The number of phenolic OH excluding ortho intramolecular Hbond substituents is 3. The lowest BCUT2D eigenvalue weighted by atomic mass is 10.0. The van der Waals surface area contributed by atoms with Gasteiger partial charge in [-0.15, -0.1) is 0 Å². The lowest BCUT2D eigenvalue weighted by Crippen LogP contribution is -2.49. The molecule has 9 heteroatoms. The number of aromatic nitrogens is 1. The number of hydrogen-bond donors (Lipinski definition) is 3. The quantitative estimate of drug-likeness (QED) is 0.430. The number of pyridine rings is 1. The monoisotopic (exact) mass is 509 g/mol. The van der Waals surface area contributed by atoms with E-state index in [1.165, 1.54) is 12.1 Å². The minimum atomic E-state index is -0.646. The number of amides is 1. The van der Waals surface area contributed by atoms with Gasteiger partial charge in [0.05, 0.1) is 5.52 Å². The van der Waals surface area contributed by atoms with Crippen molar-refractivity contribution < 1.29 is 24.9 Å². The number of rotatable bonds is 6. The highest BCUT2D eigenvalue weighted by molar-refractivity contribution is 5.80. The molecule has 0 atom stereocenters. The van der Waals surface area contributed by atoms with Crippen LogP contribution in [0.1, 0.15) is 39.2 Å². The standard InChI is InChI=1S/C28H35N3O6/c1-28(2,3)37-27(36)31(18-19-4-8-24(33)25(34)16-19)21-10-12-29(13-11-21)14-15-30-23-17-22(32)7-5-20(23)6-9-26(30)35/h4-9,16-17,21,32-34H,10-15,18H2,1-3H3. The first kappa shape index (κ1) is 26.3. The molecule has 37 heavy (non-hydrogen) atoms. The van der Waals surface area contributed by atoms with E-state index in [1.54, 1.807) is 45.9 Å². The summed E-state index contributed by atoms with van der Waals surface area (Å²) in [4.78, 5) is 29.6. The highest BCUT2D eigenvalue weighted by Gasteiger charge is 2.31. The van der Waals surface area contributed by atoms with Gasteiger partial charge in [0.15, 0.2) is 11.5 Å². The minimum absolute atomic E-state index is 0.0562. The first-order valence-electron chi connectivity index (χ1n) is 12.6. The van der Waals surface area contributed by atoms with E-state index in [1.807, 2.05) is 20.8 Å². The molecule has 0 bridgehead atoms. The van der Waals surface area contributed by atoms with Crippen LogP contribution in [-0.2, 0) is 17.8 Å². The summed E-state index contributed by atoms with van der Waals surface area (Å²) < 4.78 is 7.36. The van der Waals surface area contributed by atoms with E-state index >= 15 is 0 Å². The summed E-state index contributed by atoms with van der Waals surface area (Å²) in [5, 5.41) is 30.3. The number of aromatic hydroxyl groups is 3. The normalized spacial score (nSPS) is 15.1. The second-order valence-corrected chi connectivity index (χ2v) is 10.6. The van der Waals surface area contributed by atoms with Gasteiger partial charge in [-0.3, -0.25) is 4.79 Å². The van der Waals surface area contributed by atoms with E-state index < -0.39 is 11.7 Å². The highest BCUT2D eigenvalue weighted by atomic mass is 16.6. The fraction of sp³-hybridized carbons (Fsp3) is 0.429. The highest BCUT2D eigenvalue weighted by Crippen LogP contribution is 2.28. The second-order valence-electron chi connectivity index (χ2n) is 10.6. The van der Waals surface area contributed by atoms with Gasteiger partial charge in [-0.2, -0.15) is 0 Å². The largest absolute Gasteiger partial charge is 0.508 e. The van der Waals surface area contributed by atoms with Crippen LogP contribution in [0.25, 0.3) is 10.9 Å². The van der Waals surface area contributed by atoms with Gasteiger partial charge in [0.1, 0.15) is 11.4 Å². The third kappa shape index (κ3) is 6.54. The summed E-state index contributed by atoms with van der Waals surface area (Å²) in [6.45, 7) is 8.38. The van der Waals surface area contributed by atoms with Crippen LogP contribution < -0.4 is 5.56 Å². The average Bonchev–Trinajstić information content (AvgIpc) is 2.83. The molecular formula is C28H35N3O6. The molecule has 1 amide bonds. The third-order valence-electron chi connectivity index (χ3n) is 6.63. The Hall–Kier alpha value is -3.72. The second kappa shape index (κ2) is 10.7. The molecule has 3 N–H and O–H groups in total. The average molecular weight is 510 g/mol. The summed E-state index contributed by atoms with van der Waals surface area (Å²) in [5.41, 5.74) is 0.645. The van der Waals surface area contributed by atoms with Crippen LogP contribution in [0.2, 0.25) is 0 Å². The zero-order valence-corrected chi connectivity index (χ0v) is 21.6. The number of phenols is 3. The fourth-order valence-electron chi connectivity index (χ4n) is 4.73. The van der Waals surface area contributed by atoms with E-state index in [9.17, 15) is 24.9 Å². The number of carbonyl (C=O) groups excluding carboxylic acids is 1. The van der Waals surface area contributed by atoms with E-state index in [-0.39, 0.29) is 35.4 Å². The molecule has 1 fully saturated rings. The number of likely N-dealkylation sites (tertiary alicyclic amines) is 1. The van der Waals surface area contributed by atoms with E-state index in [4.69, 9.17) is 4.74 Å². The van der Waals surface area contributed by atoms with Crippen LogP contribution in [0, 0.1) is 0 Å². The Balaban J connectivity index is 1.43. The van der Waals surface area contributed by atoms with Crippen molar-refractivity contribution in [3.05, 3.63) is 64.4 Å². The SMILES string of the molecule is CC(C)(C)OC(=O)N(Cc1ccc(O)c(O)c1)C1CCN(CCn2c(=O)ccc3ccc(O)cc32)CC1. The zero-order chi connectivity index (χ0) is 26.7. The predicted octanol–water partition coefficient (Wildman–Crippen LogP) is 4.02. The topological polar surface area (TPSA) is 115 Å². The van der Waals surface area contributed by atoms with Crippen LogP contribution in [-0.4, -0.2) is 67.1 Å². The van der Waals surface area contributed by atoms with Gasteiger partial charge in [0.2, 0.25) is 0 Å². The summed E-state index contributed by atoms with van der Waals surface area (Å²) in [6, 6.07) is 12.8. The molecule has 0 unspecified atom stereocenters.